The summed E-state index contributed by atoms with van der Waals surface area (Å²) in [5.74, 6) is 0. The largest absolute Gasteiger partial charge is 0.398 e. The molecule has 4 heteroatoms. The molecule has 0 radical (unpaired) electrons. The second-order valence-corrected chi connectivity index (χ2v) is 7.29. The van der Waals surface area contributed by atoms with Gasteiger partial charge in [0.2, 0.25) is 0 Å². The quantitative estimate of drug-likeness (QED) is 0.732. The van der Waals surface area contributed by atoms with Crippen LogP contribution >= 0.6 is 11.3 Å². The molecule has 0 saturated carbocycles. The standard InChI is InChI=1S/C8H18N2.C8H7NS/c1-8(2,3)10-5-4-7(9)6-10;9-7-2-1-3-8-6(7)4-5-10-8/h7H,4-6,9H2,1-3H3;1-5H,9H2. The number of nitrogens with two attached hydrogens (primary N) is 2. The minimum absolute atomic E-state index is 0.314. The molecule has 110 valence electrons. The van der Waals surface area contributed by atoms with Crippen LogP contribution < -0.4 is 11.5 Å². The average molecular weight is 291 g/mol. The molecule has 1 atom stereocenters. The summed E-state index contributed by atoms with van der Waals surface area (Å²) in [5, 5.41) is 3.23. The number of nitrogen functional groups attached to an aromatic ring is 1. The van der Waals surface area contributed by atoms with E-state index in [2.05, 4.69) is 43.2 Å². The molecule has 1 aromatic carbocycles. The molecule has 1 unspecified atom stereocenters. The first-order valence-electron chi connectivity index (χ1n) is 7.10. The number of rotatable bonds is 0. The first-order valence-corrected chi connectivity index (χ1v) is 7.98. The van der Waals surface area contributed by atoms with Crippen LogP contribution in [-0.4, -0.2) is 29.6 Å². The van der Waals surface area contributed by atoms with E-state index < -0.39 is 0 Å². The van der Waals surface area contributed by atoms with Crippen LogP contribution in [0.15, 0.2) is 29.6 Å². The van der Waals surface area contributed by atoms with Crippen molar-refractivity contribution in [1.29, 1.82) is 0 Å². The number of anilines is 1. The van der Waals surface area contributed by atoms with Gasteiger partial charge in [0.15, 0.2) is 0 Å². The Hall–Kier alpha value is -1.10. The summed E-state index contributed by atoms with van der Waals surface area (Å²) in [6.45, 7) is 8.97. The van der Waals surface area contributed by atoms with Gasteiger partial charge in [-0.1, -0.05) is 6.07 Å². The Morgan fingerprint density at radius 1 is 1.25 bits per heavy atom. The third kappa shape index (κ3) is 3.72. The number of hydrogen-bond donors (Lipinski definition) is 2. The maximum atomic E-state index is 5.78. The van der Waals surface area contributed by atoms with Gasteiger partial charge in [0.1, 0.15) is 0 Å². The fourth-order valence-electron chi connectivity index (χ4n) is 2.41. The predicted octanol–water partition coefficient (Wildman–Crippen LogP) is 3.30. The molecule has 0 aliphatic carbocycles. The molecule has 1 aliphatic rings. The molecule has 0 spiro atoms. The molecule has 1 fully saturated rings. The summed E-state index contributed by atoms with van der Waals surface area (Å²) in [4.78, 5) is 2.44. The van der Waals surface area contributed by atoms with Crippen molar-refractivity contribution in [3.8, 4) is 0 Å². The smallest absolute Gasteiger partial charge is 0.0402 e. The topological polar surface area (TPSA) is 55.3 Å². The Labute approximate surface area is 125 Å². The maximum Gasteiger partial charge on any atom is 0.0402 e. The third-order valence-corrected chi connectivity index (χ3v) is 4.59. The molecule has 2 heterocycles. The molecule has 1 aromatic heterocycles. The maximum absolute atomic E-state index is 5.78. The van der Waals surface area contributed by atoms with E-state index in [1.165, 1.54) is 16.6 Å². The summed E-state index contributed by atoms with van der Waals surface area (Å²) in [7, 11) is 0. The van der Waals surface area contributed by atoms with E-state index in [-0.39, 0.29) is 0 Å². The highest BCUT2D eigenvalue weighted by Gasteiger charge is 2.27. The van der Waals surface area contributed by atoms with Crippen molar-refractivity contribution in [1.82, 2.24) is 4.90 Å². The number of thiophene rings is 1. The highest BCUT2D eigenvalue weighted by molar-refractivity contribution is 7.17. The number of likely N-dealkylation sites (tertiary alicyclic amines) is 1. The number of benzene rings is 1. The highest BCUT2D eigenvalue weighted by Crippen LogP contribution is 2.25. The zero-order valence-corrected chi connectivity index (χ0v) is 13.4. The lowest BCUT2D eigenvalue weighted by Gasteiger charge is -2.31. The van der Waals surface area contributed by atoms with Gasteiger partial charge in [0, 0.05) is 40.4 Å². The zero-order chi connectivity index (χ0) is 14.8. The molecule has 20 heavy (non-hydrogen) atoms. The minimum Gasteiger partial charge on any atom is -0.398 e. The van der Waals surface area contributed by atoms with Gasteiger partial charge in [-0.05, 0) is 50.8 Å². The number of fused-ring (bicyclic) bond motifs is 1. The van der Waals surface area contributed by atoms with Crippen LogP contribution in [0, 0.1) is 0 Å². The number of nitrogens with zero attached hydrogens (tertiary/aromatic N) is 1. The molecular formula is C16H25N3S. The van der Waals surface area contributed by atoms with E-state index in [1.54, 1.807) is 11.3 Å². The van der Waals surface area contributed by atoms with Crippen LogP contribution in [0.2, 0.25) is 0 Å². The van der Waals surface area contributed by atoms with Crippen LogP contribution in [0.5, 0.6) is 0 Å². The second-order valence-electron chi connectivity index (χ2n) is 6.35. The lowest BCUT2D eigenvalue weighted by Crippen LogP contribution is -2.40. The summed E-state index contributed by atoms with van der Waals surface area (Å²) >= 11 is 1.72. The van der Waals surface area contributed by atoms with E-state index in [0.717, 1.165) is 18.7 Å². The van der Waals surface area contributed by atoms with E-state index in [9.17, 15) is 0 Å². The molecule has 4 N–H and O–H groups in total. The fourth-order valence-corrected chi connectivity index (χ4v) is 3.23. The Bertz CT molecular complexity index is 556. The summed E-state index contributed by atoms with van der Waals surface area (Å²) in [6, 6.07) is 8.45. The number of hydrogen-bond acceptors (Lipinski definition) is 4. The Balaban J connectivity index is 0.000000147. The van der Waals surface area contributed by atoms with E-state index in [4.69, 9.17) is 11.5 Å². The van der Waals surface area contributed by atoms with Crippen LogP contribution in [0.25, 0.3) is 10.1 Å². The first-order chi connectivity index (χ1) is 9.38. The van der Waals surface area contributed by atoms with Crippen molar-refractivity contribution in [2.24, 2.45) is 5.73 Å². The van der Waals surface area contributed by atoms with Gasteiger partial charge in [-0.2, -0.15) is 0 Å². The van der Waals surface area contributed by atoms with Crippen LogP contribution in [0.3, 0.4) is 0 Å². The molecule has 3 rings (SSSR count). The third-order valence-electron chi connectivity index (χ3n) is 3.70. The van der Waals surface area contributed by atoms with Crippen LogP contribution in [0.4, 0.5) is 5.69 Å². The molecule has 3 nitrogen and oxygen atoms in total. The van der Waals surface area contributed by atoms with Crippen molar-refractivity contribution in [2.75, 3.05) is 18.8 Å². The Morgan fingerprint density at radius 3 is 2.50 bits per heavy atom. The molecule has 1 saturated heterocycles. The molecule has 2 aromatic rings. The normalized spacial score (nSPS) is 19.9. The molecular weight excluding hydrogens is 266 g/mol. The SMILES string of the molecule is CC(C)(C)N1CCC(N)C1.Nc1cccc2sccc12. The molecule has 0 amide bonds. The van der Waals surface area contributed by atoms with Crippen molar-refractivity contribution >= 4 is 27.1 Å². The van der Waals surface area contributed by atoms with Gasteiger partial charge in [0.25, 0.3) is 0 Å². The lowest BCUT2D eigenvalue weighted by atomic mass is 10.1. The zero-order valence-electron chi connectivity index (χ0n) is 12.6. The monoisotopic (exact) mass is 291 g/mol. The Kier molecular flexibility index (Phi) is 4.68. The van der Waals surface area contributed by atoms with Gasteiger partial charge in [0.05, 0.1) is 0 Å². The average Bonchev–Trinajstić information content (AvgIpc) is 2.98. The fraction of sp³-hybridized carbons (Fsp3) is 0.500. The van der Waals surface area contributed by atoms with Crippen LogP contribution in [0.1, 0.15) is 27.2 Å². The van der Waals surface area contributed by atoms with Crippen molar-refractivity contribution < 1.29 is 0 Å². The molecule has 1 aliphatic heterocycles. The van der Waals surface area contributed by atoms with Crippen molar-refractivity contribution in [3.05, 3.63) is 29.6 Å². The highest BCUT2D eigenvalue weighted by atomic mass is 32.1. The van der Waals surface area contributed by atoms with Crippen LogP contribution in [-0.2, 0) is 0 Å². The first kappa shape index (κ1) is 15.3. The Morgan fingerprint density at radius 2 is 2.00 bits per heavy atom. The summed E-state index contributed by atoms with van der Waals surface area (Å²) < 4.78 is 1.26. The predicted molar refractivity (Wildman–Crippen MR) is 90.2 cm³/mol. The second kappa shape index (κ2) is 6.12. The van der Waals surface area contributed by atoms with Gasteiger partial charge in [-0.3, -0.25) is 4.90 Å². The van der Waals surface area contributed by atoms with Gasteiger partial charge in [-0.15, -0.1) is 11.3 Å². The molecule has 0 bridgehead atoms. The van der Waals surface area contributed by atoms with Gasteiger partial charge < -0.3 is 11.5 Å². The summed E-state index contributed by atoms with van der Waals surface area (Å²) in [5.41, 5.74) is 12.7. The van der Waals surface area contributed by atoms with E-state index in [0.29, 0.717) is 11.6 Å². The van der Waals surface area contributed by atoms with Crippen molar-refractivity contribution in [2.45, 2.75) is 38.8 Å². The van der Waals surface area contributed by atoms with Gasteiger partial charge in [-0.25, -0.2) is 0 Å². The minimum atomic E-state index is 0.314. The van der Waals surface area contributed by atoms with E-state index in [1.807, 2.05) is 12.1 Å². The summed E-state index contributed by atoms with van der Waals surface area (Å²) in [6.07, 6.45) is 1.16. The van der Waals surface area contributed by atoms with E-state index >= 15 is 0 Å². The van der Waals surface area contributed by atoms with Crippen molar-refractivity contribution in [3.63, 3.8) is 0 Å². The van der Waals surface area contributed by atoms with Gasteiger partial charge >= 0.3 is 0 Å². The lowest BCUT2D eigenvalue weighted by molar-refractivity contribution is 0.173.